The largest absolute Gasteiger partial charge is 0.477 e. The molecule has 0 amide bonds. The van der Waals surface area contributed by atoms with Crippen LogP contribution in [0.3, 0.4) is 0 Å². The van der Waals surface area contributed by atoms with Crippen molar-refractivity contribution in [1.82, 2.24) is 14.5 Å². The minimum atomic E-state index is -1.35. The molecule has 0 radical (unpaired) electrons. The number of hydrogen-bond acceptors (Lipinski definition) is 8. The van der Waals surface area contributed by atoms with Crippen LogP contribution in [0, 0.1) is 17.1 Å². The zero-order valence-corrected chi connectivity index (χ0v) is 23.6. The van der Waals surface area contributed by atoms with Crippen molar-refractivity contribution >= 4 is 33.2 Å². The first-order valence-corrected chi connectivity index (χ1v) is 14.6. The molecule has 1 unspecified atom stereocenters. The van der Waals surface area contributed by atoms with E-state index in [1.54, 1.807) is 19.1 Å². The first kappa shape index (κ1) is 26.6. The average molecular weight is 587 g/mol. The van der Waals surface area contributed by atoms with Gasteiger partial charge < -0.3 is 23.9 Å². The fraction of sp³-hybridized carbons (Fsp3) is 0.323. The van der Waals surface area contributed by atoms with Crippen LogP contribution in [-0.4, -0.2) is 51.3 Å². The zero-order valence-electron chi connectivity index (χ0n) is 22.8. The summed E-state index contributed by atoms with van der Waals surface area (Å²) in [7, 11) is 0. The van der Waals surface area contributed by atoms with Crippen molar-refractivity contribution in [3.63, 3.8) is 0 Å². The summed E-state index contributed by atoms with van der Waals surface area (Å²) in [5, 5.41) is 18.6. The Labute approximate surface area is 245 Å². The van der Waals surface area contributed by atoms with E-state index in [4.69, 9.17) is 24.5 Å². The lowest BCUT2D eigenvalue weighted by molar-refractivity contribution is -0.0708. The lowest BCUT2D eigenvalue weighted by Gasteiger charge is -2.29. The van der Waals surface area contributed by atoms with Crippen LogP contribution in [0.2, 0.25) is 0 Å². The van der Waals surface area contributed by atoms with Gasteiger partial charge in [0.2, 0.25) is 0 Å². The predicted octanol–water partition coefficient (Wildman–Crippen LogP) is 5.53. The van der Waals surface area contributed by atoms with Crippen LogP contribution in [-0.2, 0) is 23.6 Å². The van der Waals surface area contributed by atoms with Gasteiger partial charge in [-0.05, 0) is 48.7 Å². The molecule has 0 spiro atoms. The number of carbonyl (C=O) groups is 1. The highest BCUT2D eigenvalue weighted by Gasteiger charge is 2.42. The van der Waals surface area contributed by atoms with Crippen molar-refractivity contribution in [1.29, 1.82) is 5.26 Å². The van der Waals surface area contributed by atoms with Crippen LogP contribution in [0.1, 0.15) is 52.0 Å². The second-order valence-electron chi connectivity index (χ2n) is 10.8. The lowest BCUT2D eigenvalue weighted by atomic mass is 9.98. The van der Waals surface area contributed by atoms with Crippen molar-refractivity contribution < 1.29 is 28.5 Å². The minimum absolute atomic E-state index is 0.119. The Hall–Kier alpha value is -4.24. The molecular formula is C31H27FN4O5S. The summed E-state index contributed by atoms with van der Waals surface area (Å²) in [5.41, 5.74) is 3.34. The standard InChI is InChI=1S/C31H27FN4O5S/c1-31(22-6-5-18(15-33)13-23(22)32)40-25-4-2-3-21(28(25)41-31)19-7-10-35(11-8-19)17-27-34-29-24(14-26(42-29)30(37)38)36(27)16-20-9-12-39-20/h2-7,13-14,20H,8-12,16-17H2,1H3,(H,37,38)/t20-,31?/m0/s1. The quantitative estimate of drug-likeness (QED) is 0.301. The Morgan fingerprint density at radius 3 is 2.83 bits per heavy atom. The molecule has 2 aromatic carbocycles. The molecule has 2 aromatic heterocycles. The van der Waals surface area contributed by atoms with Crippen LogP contribution in [0.4, 0.5) is 4.39 Å². The number of benzene rings is 2. The number of carboxylic acids is 1. The fourth-order valence-corrected chi connectivity index (χ4v) is 6.66. The van der Waals surface area contributed by atoms with Crippen molar-refractivity contribution in [3.8, 4) is 17.6 Å². The molecule has 0 saturated carbocycles. The van der Waals surface area contributed by atoms with Gasteiger partial charge in [-0.2, -0.15) is 5.26 Å². The summed E-state index contributed by atoms with van der Waals surface area (Å²) in [4.78, 5) is 19.7. The molecule has 42 heavy (non-hydrogen) atoms. The molecular weight excluding hydrogens is 559 g/mol. The summed E-state index contributed by atoms with van der Waals surface area (Å²) < 4.78 is 35.1. The number of nitrogens with zero attached hydrogens (tertiary/aromatic N) is 4. The van der Waals surface area contributed by atoms with Crippen LogP contribution < -0.4 is 9.47 Å². The average Bonchev–Trinajstić information content (AvgIpc) is 3.62. The van der Waals surface area contributed by atoms with E-state index < -0.39 is 17.6 Å². The number of fused-ring (bicyclic) bond motifs is 2. The van der Waals surface area contributed by atoms with Gasteiger partial charge in [-0.25, -0.2) is 14.2 Å². The third kappa shape index (κ3) is 4.61. The molecule has 4 aromatic rings. The molecule has 214 valence electrons. The molecule has 0 bridgehead atoms. The normalized spacial score (nSPS) is 21.6. The number of ether oxygens (including phenoxy) is 3. The number of aromatic nitrogens is 2. The number of hydrogen-bond donors (Lipinski definition) is 1. The Balaban J connectivity index is 1.10. The van der Waals surface area contributed by atoms with Crippen LogP contribution in [0.15, 0.2) is 48.5 Å². The first-order chi connectivity index (χ1) is 20.3. The smallest absolute Gasteiger partial charge is 0.346 e. The molecule has 3 aliphatic rings. The van der Waals surface area contributed by atoms with Crippen molar-refractivity contribution in [3.05, 3.63) is 81.7 Å². The predicted molar refractivity (Wildman–Crippen MR) is 153 cm³/mol. The number of thiophene rings is 1. The molecule has 1 saturated heterocycles. The second kappa shape index (κ2) is 10.2. The summed E-state index contributed by atoms with van der Waals surface area (Å²) in [6.45, 7) is 5.20. The lowest BCUT2D eigenvalue weighted by Crippen LogP contribution is -2.34. The molecule has 2 atom stereocenters. The van der Waals surface area contributed by atoms with E-state index >= 15 is 0 Å². The Morgan fingerprint density at radius 1 is 1.29 bits per heavy atom. The number of rotatable bonds is 7. The monoisotopic (exact) mass is 586 g/mol. The molecule has 11 heteroatoms. The molecule has 0 aliphatic carbocycles. The molecule has 5 heterocycles. The third-order valence-electron chi connectivity index (χ3n) is 8.09. The maximum absolute atomic E-state index is 14.9. The molecule has 1 N–H and O–H groups in total. The Kier molecular flexibility index (Phi) is 6.50. The van der Waals surface area contributed by atoms with Gasteiger partial charge in [-0.1, -0.05) is 18.2 Å². The summed E-state index contributed by atoms with van der Waals surface area (Å²) in [6.07, 6.45) is 4.04. The highest BCUT2D eigenvalue weighted by Crippen LogP contribution is 2.49. The topological polar surface area (TPSA) is 110 Å². The third-order valence-corrected chi connectivity index (χ3v) is 9.10. The van der Waals surface area contributed by atoms with Gasteiger partial charge in [0, 0.05) is 32.2 Å². The van der Waals surface area contributed by atoms with Gasteiger partial charge in [0.1, 0.15) is 21.3 Å². The highest BCUT2D eigenvalue weighted by atomic mass is 32.1. The number of aromatic carboxylic acids is 1. The summed E-state index contributed by atoms with van der Waals surface area (Å²) in [6, 6.07) is 13.6. The molecule has 3 aliphatic heterocycles. The summed E-state index contributed by atoms with van der Waals surface area (Å²) in [5.74, 6) is -0.828. The van der Waals surface area contributed by atoms with E-state index in [1.807, 2.05) is 24.3 Å². The second-order valence-corrected chi connectivity index (χ2v) is 11.9. The van der Waals surface area contributed by atoms with E-state index in [9.17, 15) is 14.3 Å². The summed E-state index contributed by atoms with van der Waals surface area (Å²) >= 11 is 1.20. The number of carboxylic acid groups (broad SMARTS) is 1. The van der Waals surface area contributed by atoms with E-state index in [0.29, 0.717) is 31.1 Å². The molecule has 7 rings (SSSR count). The van der Waals surface area contributed by atoms with E-state index in [0.717, 1.165) is 53.3 Å². The Bertz CT molecular complexity index is 1800. The van der Waals surface area contributed by atoms with Gasteiger partial charge in [0.05, 0.1) is 41.9 Å². The van der Waals surface area contributed by atoms with Gasteiger partial charge in [0.15, 0.2) is 11.5 Å². The van der Waals surface area contributed by atoms with E-state index in [-0.39, 0.29) is 22.1 Å². The van der Waals surface area contributed by atoms with Crippen LogP contribution >= 0.6 is 11.3 Å². The number of imidazole rings is 1. The zero-order chi connectivity index (χ0) is 29.0. The van der Waals surface area contributed by atoms with Crippen molar-refractivity contribution in [2.75, 3.05) is 19.7 Å². The highest BCUT2D eigenvalue weighted by molar-refractivity contribution is 7.20. The molecule has 9 nitrogen and oxygen atoms in total. The van der Waals surface area contributed by atoms with Crippen LogP contribution in [0.5, 0.6) is 11.5 Å². The number of halogens is 1. The van der Waals surface area contributed by atoms with Gasteiger partial charge in [0.25, 0.3) is 5.79 Å². The van der Waals surface area contributed by atoms with Gasteiger partial charge >= 0.3 is 5.97 Å². The Morgan fingerprint density at radius 2 is 2.14 bits per heavy atom. The maximum atomic E-state index is 14.9. The first-order valence-electron chi connectivity index (χ1n) is 13.8. The SMILES string of the molecule is CC1(c2ccc(C#N)cc2F)Oc2cccc(C3=CCN(Cc4nc5sc(C(=O)O)cc5n4C[C@@H]4CCO4)CC3)c2O1. The van der Waals surface area contributed by atoms with Crippen LogP contribution in [0.25, 0.3) is 15.9 Å². The number of para-hydroxylation sites is 1. The number of nitriles is 1. The fourth-order valence-electron chi connectivity index (χ4n) is 5.77. The van der Waals surface area contributed by atoms with Crippen molar-refractivity contribution in [2.24, 2.45) is 0 Å². The molecule has 1 fully saturated rings. The van der Waals surface area contributed by atoms with Gasteiger partial charge in [-0.15, -0.1) is 11.3 Å². The van der Waals surface area contributed by atoms with Crippen molar-refractivity contribution in [2.45, 2.75) is 44.7 Å². The van der Waals surface area contributed by atoms with Gasteiger partial charge in [-0.3, -0.25) is 4.90 Å². The maximum Gasteiger partial charge on any atom is 0.346 e. The van der Waals surface area contributed by atoms with E-state index in [2.05, 4.69) is 15.5 Å². The minimum Gasteiger partial charge on any atom is -0.477 e. The van der Waals surface area contributed by atoms with E-state index in [1.165, 1.54) is 23.5 Å².